The molecule has 1 fully saturated rings. The van der Waals surface area contributed by atoms with Gasteiger partial charge in [-0.15, -0.1) is 11.3 Å². The van der Waals surface area contributed by atoms with Crippen LogP contribution in [0.1, 0.15) is 52.0 Å². The maximum atomic E-state index is 12.8. The van der Waals surface area contributed by atoms with E-state index in [1.54, 1.807) is 7.05 Å². The maximum absolute atomic E-state index is 12.8. The van der Waals surface area contributed by atoms with E-state index in [1.807, 2.05) is 0 Å². The number of nitrogens with zero attached hydrogens (tertiary/aromatic N) is 2. The number of nitriles is 1. The Hall–Kier alpha value is -2.25. The molecule has 2 aromatic rings. The highest BCUT2D eigenvalue weighted by Crippen LogP contribution is 2.37. The third-order valence-corrected chi connectivity index (χ3v) is 8.86. The number of likely N-dealkylation sites (N-methyl/N-ethyl adjacent to an activating group) is 1. The Bertz CT molecular complexity index is 1110. The van der Waals surface area contributed by atoms with Crippen LogP contribution in [0, 0.1) is 11.3 Å². The van der Waals surface area contributed by atoms with Gasteiger partial charge in [-0.2, -0.15) is 9.57 Å². The van der Waals surface area contributed by atoms with Gasteiger partial charge in [-0.25, -0.2) is 8.42 Å². The number of hydrogen-bond donors (Lipinski definition) is 1. The van der Waals surface area contributed by atoms with Crippen LogP contribution in [0.25, 0.3) is 0 Å². The van der Waals surface area contributed by atoms with Crippen molar-refractivity contribution in [1.82, 2.24) is 4.31 Å². The molecule has 1 amide bonds. The molecule has 1 aromatic carbocycles. The summed E-state index contributed by atoms with van der Waals surface area (Å²) in [5.74, 6) is -0.355. The topological polar surface area (TPSA) is 99.5 Å². The Morgan fingerprint density at radius 2 is 2.00 bits per heavy atom. The van der Waals surface area contributed by atoms with Crippen molar-refractivity contribution in [1.29, 1.82) is 5.26 Å². The first-order chi connectivity index (χ1) is 14.9. The molecule has 1 aliphatic carbocycles. The molecule has 1 saturated heterocycles. The van der Waals surface area contributed by atoms with Gasteiger partial charge in [0.2, 0.25) is 10.0 Å². The van der Waals surface area contributed by atoms with Crippen LogP contribution in [0.3, 0.4) is 0 Å². The number of anilines is 1. The van der Waals surface area contributed by atoms with Gasteiger partial charge >= 0.3 is 0 Å². The molecular weight excluding hydrogens is 434 g/mol. The largest absolute Gasteiger partial charge is 0.377 e. The number of fused-ring (bicyclic) bond motifs is 1. The number of sulfonamides is 1. The van der Waals surface area contributed by atoms with Gasteiger partial charge in [0.25, 0.3) is 5.91 Å². The molecule has 2 heterocycles. The van der Waals surface area contributed by atoms with Crippen molar-refractivity contribution >= 4 is 32.3 Å². The number of nitrogens with one attached hydrogen (secondary N) is 1. The minimum atomic E-state index is -3.66. The van der Waals surface area contributed by atoms with Crippen molar-refractivity contribution in [3.8, 4) is 6.07 Å². The van der Waals surface area contributed by atoms with E-state index >= 15 is 0 Å². The summed E-state index contributed by atoms with van der Waals surface area (Å²) in [6.07, 6.45) is 5.70. The first-order valence-corrected chi connectivity index (χ1v) is 12.7. The molecule has 4 rings (SSSR count). The van der Waals surface area contributed by atoms with Gasteiger partial charge in [0.05, 0.1) is 16.6 Å². The fourth-order valence-corrected chi connectivity index (χ4v) is 6.52. The van der Waals surface area contributed by atoms with Crippen molar-refractivity contribution < 1.29 is 17.9 Å². The van der Waals surface area contributed by atoms with Crippen LogP contribution in [0.4, 0.5) is 5.00 Å². The average molecular weight is 460 g/mol. The summed E-state index contributed by atoms with van der Waals surface area (Å²) in [5, 5.41) is 13.0. The molecule has 1 aromatic heterocycles. The molecule has 1 atom stereocenters. The number of benzene rings is 1. The molecular formula is C22H25N3O4S2. The average Bonchev–Trinajstić information content (AvgIpc) is 3.40. The molecule has 2 aliphatic rings. The zero-order chi connectivity index (χ0) is 22.0. The first kappa shape index (κ1) is 22.0. The molecule has 1 unspecified atom stereocenters. The van der Waals surface area contributed by atoms with Gasteiger partial charge in [0, 0.05) is 30.6 Å². The van der Waals surface area contributed by atoms with E-state index in [1.165, 1.54) is 44.8 Å². The lowest BCUT2D eigenvalue weighted by atomic mass is 9.96. The molecule has 164 valence electrons. The Balaban J connectivity index is 1.47. The highest BCUT2D eigenvalue weighted by atomic mass is 32.2. The van der Waals surface area contributed by atoms with Gasteiger partial charge in [-0.1, -0.05) is 0 Å². The van der Waals surface area contributed by atoms with Crippen molar-refractivity contribution in [3.63, 3.8) is 0 Å². The zero-order valence-corrected chi connectivity index (χ0v) is 19.0. The number of carbonyl (C=O) groups is 1. The quantitative estimate of drug-likeness (QED) is 0.712. The smallest absolute Gasteiger partial charge is 0.256 e. The summed E-state index contributed by atoms with van der Waals surface area (Å²) in [5.41, 5.74) is 1.96. The summed E-state index contributed by atoms with van der Waals surface area (Å²) in [6, 6.07) is 8.13. The van der Waals surface area contributed by atoms with E-state index in [9.17, 15) is 18.5 Å². The molecule has 0 bridgehead atoms. The SMILES string of the molecule is CN(CC1CCCO1)S(=O)(=O)c1ccc(C(=O)Nc2sc3c(c2C#N)CCCC3)cc1. The molecule has 0 spiro atoms. The highest BCUT2D eigenvalue weighted by molar-refractivity contribution is 7.89. The summed E-state index contributed by atoms with van der Waals surface area (Å²) in [6.45, 7) is 0.980. The van der Waals surface area contributed by atoms with Gasteiger partial charge in [-0.3, -0.25) is 4.79 Å². The van der Waals surface area contributed by atoms with Crippen LogP contribution in [-0.2, 0) is 27.6 Å². The predicted octanol–water partition coefficient (Wildman–Crippen LogP) is 3.55. The number of ether oxygens (including phenoxy) is 1. The molecule has 0 radical (unpaired) electrons. The monoisotopic (exact) mass is 459 g/mol. The molecule has 31 heavy (non-hydrogen) atoms. The van der Waals surface area contributed by atoms with Crippen molar-refractivity contribution in [2.75, 3.05) is 25.5 Å². The molecule has 1 aliphatic heterocycles. The van der Waals surface area contributed by atoms with E-state index < -0.39 is 10.0 Å². The summed E-state index contributed by atoms with van der Waals surface area (Å²) >= 11 is 1.47. The second-order valence-electron chi connectivity index (χ2n) is 7.93. The lowest BCUT2D eigenvalue weighted by Crippen LogP contribution is -2.34. The van der Waals surface area contributed by atoms with Crippen molar-refractivity contribution in [2.24, 2.45) is 0 Å². The van der Waals surface area contributed by atoms with E-state index in [-0.39, 0.29) is 16.9 Å². The lowest BCUT2D eigenvalue weighted by Gasteiger charge is -2.20. The number of amides is 1. The number of carbonyl (C=O) groups excluding carboxylic acids is 1. The van der Waals surface area contributed by atoms with Crippen LogP contribution in [0.15, 0.2) is 29.2 Å². The summed E-state index contributed by atoms with van der Waals surface area (Å²) < 4.78 is 32.5. The predicted molar refractivity (Wildman–Crippen MR) is 119 cm³/mol. The third-order valence-electron chi connectivity index (χ3n) is 5.82. The number of rotatable bonds is 6. The second-order valence-corrected chi connectivity index (χ2v) is 11.1. The number of thiophene rings is 1. The third kappa shape index (κ3) is 4.53. The lowest BCUT2D eigenvalue weighted by molar-refractivity contribution is 0.0979. The van der Waals surface area contributed by atoms with Gasteiger partial charge < -0.3 is 10.1 Å². The molecule has 9 heteroatoms. The van der Waals surface area contributed by atoms with E-state index in [0.717, 1.165) is 44.1 Å². The zero-order valence-electron chi connectivity index (χ0n) is 17.4. The standard InChI is InChI=1S/C22H25N3O4S2/c1-25(14-16-5-4-12-29-16)31(27,28)17-10-8-15(9-11-17)21(26)24-22-19(13-23)18-6-2-3-7-20(18)30-22/h8-11,16H,2-7,12,14H2,1H3,(H,24,26). The molecule has 1 N–H and O–H groups in total. The van der Waals surface area contributed by atoms with Crippen LogP contribution in [0.2, 0.25) is 0 Å². The van der Waals surface area contributed by atoms with Crippen LogP contribution in [-0.4, -0.2) is 44.9 Å². The highest BCUT2D eigenvalue weighted by Gasteiger charge is 2.26. The minimum Gasteiger partial charge on any atom is -0.377 e. The van der Waals surface area contributed by atoms with E-state index in [0.29, 0.717) is 29.3 Å². The van der Waals surface area contributed by atoms with Gasteiger partial charge in [0.15, 0.2) is 0 Å². The van der Waals surface area contributed by atoms with Crippen LogP contribution >= 0.6 is 11.3 Å². The first-order valence-electron chi connectivity index (χ1n) is 10.4. The summed E-state index contributed by atoms with van der Waals surface area (Å²) in [7, 11) is -2.12. The van der Waals surface area contributed by atoms with Gasteiger partial charge in [0.1, 0.15) is 11.1 Å². The fraction of sp³-hybridized carbons (Fsp3) is 0.455. The van der Waals surface area contributed by atoms with Crippen molar-refractivity contribution in [3.05, 3.63) is 45.8 Å². The second kappa shape index (κ2) is 9.09. The van der Waals surface area contributed by atoms with E-state index in [2.05, 4.69) is 11.4 Å². The molecule has 7 nitrogen and oxygen atoms in total. The van der Waals surface area contributed by atoms with Crippen molar-refractivity contribution in [2.45, 2.75) is 49.5 Å². The van der Waals surface area contributed by atoms with E-state index in [4.69, 9.17) is 4.74 Å². The summed E-state index contributed by atoms with van der Waals surface area (Å²) in [4.78, 5) is 14.0. The Morgan fingerprint density at radius 3 is 2.68 bits per heavy atom. The maximum Gasteiger partial charge on any atom is 0.256 e. The van der Waals surface area contributed by atoms with Crippen LogP contribution in [0.5, 0.6) is 0 Å². The van der Waals surface area contributed by atoms with Gasteiger partial charge in [-0.05, 0) is 68.4 Å². The number of aryl methyl sites for hydroxylation is 1. The normalized spacial score (nSPS) is 18.5. The fourth-order valence-electron chi connectivity index (χ4n) is 4.08. The Labute approximate surface area is 186 Å². The molecule has 0 saturated carbocycles. The number of hydrogen-bond acceptors (Lipinski definition) is 6. The Morgan fingerprint density at radius 1 is 1.26 bits per heavy atom. The minimum absolute atomic E-state index is 0.0734. The Kier molecular flexibility index (Phi) is 6.44. The van der Waals surface area contributed by atoms with Crippen LogP contribution < -0.4 is 5.32 Å².